The van der Waals surface area contributed by atoms with E-state index >= 15 is 0 Å². The van der Waals surface area contributed by atoms with Gasteiger partial charge in [-0.1, -0.05) is 0 Å². The summed E-state index contributed by atoms with van der Waals surface area (Å²) in [5.74, 6) is 0. The van der Waals surface area contributed by atoms with Gasteiger partial charge in [-0.25, -0.2) is 0 Å². The first-order chi connectivity index (χ1) is 5.57. The number of ether oxygens (including phenoxy) is 1. The molecular formula is C7H14O5. The van der Waals surface area contributed by atoms with E-state index in [1.807, 2.05) is 0 Å². The smallest absolute Gasteiger partial charge is 0.111 e. The second-order valence-corrected chi connectivity index (χ2v) is 3.05. The predicted octanol–water partition coefficient (Wildman–Crippen LogP) is -2.15. The molecule has 5 heteroatoms. The topological polar surface area (TPSA) is 90.2 Å². The number of methoxy groups -OCH3 is 1. The van der Waals surface area contributed by atoms with Gasteiger partial charge in [-0.15, -0.1) is 0 Å². The summed E-state index contributed by atoms with van der Waals surface area (Å²) in [6.45, 7) is 0. The zero-order valence-corrected chi connectivity index (χ0v) is 6.79. The molecule has 0 radical (unpaired) electrons. The lowest BCUT2D eigenvalue weighted by molar-refractivity contribution is -0.183. The number of aliphatic hydroxyl groups excluding tert-OH is 4. The highest BCUT2D eigenvalue weighted by Gasteiger charge is 2.41. The molecule has 0 heterocycles. The molecule has 1 aliphatic rings. The quantitative estimate of drug-likeness (QED) is 0.367. The molecule has 5 nitrogen and oxygen atoms in total. The molecule has 0 unspecified atom stereocenters. The van der Waals surface area contributed by atoms with Crippen LogP contribution in [0.3, 0.4) is 0 Å². The van der Waals surface area contributed by atoms with Crippen LogP contribution < -0.4 is 0 Å². The van der Waals surface area contributed by atoms with Crippen molar-refractivity contribution in [2.45, 2.75) is 36.9 Å². The Balaban J connectivity index is 2.63. The van der Waals surface area contributed by atoms with Crippen LogP contribution in [0, 0.1) is 0 Å². The van der Waals surface area contributed by atoms with Gasteiger partial charge in [-0.05, 0) is 0 Å². The van der Waals surface area contributed by atoms with Gasteiger partial charge in [-0.3, -0.25) is 0 Å². The second kappa shape index (κ2) is 3.68. The summed E-state index contributed by atoms with van der Waals surface area (Å²) in [6.07, 6.45) is -5.26. The molecule has 0 saturated heterocycles. The van der Waals surface area contributed by atoms with Crippen molar-refractivity contribution < 1.29 is 25.2 Å². The van der Waals surface area contributed by atoms with Gasteiger partial charge in [0.2, 0.25) is 0 Å². The van der Waals surface area contributed by atoms with Gasteiger partial charge in [0.25, 0.3) is 0 Å². The first kappa shape index (κ1) is 9.88. The largest absolute Gasteiger partial charge is 0.390 e. The van der Waals surface area contributed by atoms with Gasteiger partial charge < -0.3 is 25.2 Å². The highest BCUT2D eigenvalue weighted by molar-refractivity contribution is 4.93. The molecule has 0 amide bonds. The molecule has 1 fully saturated rings. The lowest BCUT2D eigenvalue weighted by Gasteiger charge is -2.37. The Morgan fingerprint density at radius 3 is 2.08 bits per heavy atom. The van der Waals surface area contributed by atoms with Gasteiger partial charge in [0.05, 0.1) is 12.2 Å². The van der Waals surface area contributed by atoms with E-state index in [0.717, 1.165) is 0 Å². The third-order valence-electron chi connectivity index (χ3n) is 2.25. The number of hydrogen-bond donors (Lipinski definition) is 4. The van der Waals surface area contributed by atoms with Crippen molar-refractivity contribution >= 4 is 0 Å². The molecule has 72 valence electrons. The molecule has 1 rings (SSSR count). The van der Waals surface area contributed by atoms with Crippen molar-refractivity contribution in [1.82, 2.24) is 0 Å². The van der Waals surface area contributed by atoms with Crippen molar-refractivity contribution in [2.75, 3.05) is 7.11 Å². The lowest BCUT2D eigenvalue weighted by Crippen LogP contribution is -2.56. The van der Waals surface area contributed by atoms with E-state index in [-0.39, 0.29) is 6.42 Å². The molecule has 5 atom stereocenters. The zero-order valence-electron chi connectivity index (χ0n) is 6.79. The van der Waals surface area contributed by atoms with E-state index in [2.05, 4.69) is 0 Å². The van der Waals surface area contributed by atoms with Crippen LogP contribution in [0.1, 0.15) is 6.42 Å². The van der Waals surface area contributed by atoms with Gasteiger partial charge in [-0.2, -0.15) is 0 Å². The third kappa shape index (κ3) is 1.60. The van der Waals surface area contributed by atoms with E-state index in [1.54, 1.807) is 0 Å². The van der Waals surface area contributed by atoms with Crippen molar-refractivity contribution in [3.63, 3.8) is 0 Å². The standard InChI is InChI=1S/C7H14O5/c1-12-4-2-3(8)5(9)7(11)6(4)10/h3-11H,2H2,1H3/t3-,4-,5+,6-,7-/m0/s1. The van der Waals surface area contributed by atoms with Crippen molar-refractivity contribution in [1.29, 1.82) is 0 Å². The first-order valence-electron chi connectivity index (χ1n) is 3.83. The zero-order chi connectivity index (χ0) is 9.30. The van der Waals surface area contributed by atoms with E-state index in [4.69, 9.17) is 14.9 Å². The average Bonchev–Trinajstić information content (AvgIpc) is 2.08. The summed E-state index contributed by atoms with van der Waals surface area (Å²) in [6, 6.07) is 0. The Labute approximate surface area is 70.2 Å². The molecule has 1 aliphatic carbocycles. The SMILES string of the molecule is CO[C@H]1C[C@H](O)[C@@H](O)[C@H](O)[C@H]1O. The maximum absolute atomic E-state index is 9.28. The van der Waals surface area contributed by atoms with Crippen molar-refractivity contribution in [3.05, 3.63) is 0 Å². The monoisotopic (exact) mass is 178 g/mol. The summed E-state index contributed by atoms with van der Waals surface area (Å²) in [4.78, 5) is 0. The molecule has 4 N–H and O–H groups in total. The Morgan fingerprint density at radius 1 is 1.00 bits per heavy atom. The number of aliphatic hydroxyl groups is 4. The lowest BCUT2D eigenvalue weighted by atomic mass is 9.87. The second-order valence-electron chi connectivity index (χ2n) is 3.05. The fraction of sp³-hybridized carbons (Fsp3) is 1.00. The van der Waals surface area contributed by atoms with E-state index in [0.29, 0.717) is 0 Å². The predicted molar refractivity (Wildman–Crippen MR) is 39.4 cm³/mol. The Bertz CT molecular complexity index is 146. The van der Waals surface area contributed by atoms with Crippen LogP contribution in [0.5, 0.6) is 0 Å². The molecule has 0 aromatic rings. The third-order valence-corrected chi connectivity index (χ3v) is 2.25. The highest BCUT2D eigenvalue weighted by Crippen LogP contribution is 2.22. The summed E-state index contributed by atoms with van der Waals surface area (Å²) in [5.41, 5.74) is 0. The number of rotatable bonds is 1. The minimum atomic E-state index is -1.33. The van der Waals surface area contributed by atoms with E-state index < -0.39 is 30.5 Å². The number of hydrogen-bond acceptors (Lipinski definition) is 5. The Hall–Kier alpha value is -0.200. The molecule has 0 aromatic carbocycles. The Morgan fingerprint density at radius 2 is 1.58 bits per heavy atom. The first-order valence-corrected chi connectivity index (χ1v) is 3.83. The summed E-state index contributed by atoms with van der Waals surface area (Å²) in [5, 5.41) is 36.7. The summed E-state index contributed by atoms with van der Waals surface area (Å²) >= 11 is 0. The fourth-order valence-electron chi connectivity index (χ4n) is 1.40. The molecular weight excluding hydrogens is 164 g/mol. The van der Waals surface area contributed by atoms with E-state index in [9.17, 15) is 10.2 Å². The van der Waals surface area contributed by atoms with Crippen LogP contribution in [0.15, 0.2) is 0 Å². The molecule has 0 spiro atoms. The van der Waals surface area contributed by atoms with Crippen LogP contribution in [0.2, 0.25) is 0 Å². The van der Waals surface area contributed by atoms with Gasteiger partial charge in [0.1, 0.15) is 18.3 Å². The van der Waals surface area contributed by atoms with Crippen molar-refractivity contribution in [3.8, 4) is 0 Å². The molecule has 0 aromatic heterocycles. The molecule has 12 heavy (non-hydrogen) atoms. The van der Waals surface area contributed by atoms with Crippen LogP contribution in [0.4, 0.5) is 0 Å². The summed E-state index contributed by atoms with van der Waals surface area (Å²) in [7, 11) is 1.38. The van der Waals surface area contributed by atoms with Crippen LogP contribution in [0.25, 0.3) is 0 Å². The minimum Gasteiger partial charge on any atom is -0.390 e. The minimum absolute atomic E-state index is 0.135. The van der Waals surface area contributed by atoms with Crippen molar-refractivity contribution in [2.24, 2.45) is 0 Å². The maximum Gasteiger partial charge on any atom is 0.111 e. The Kier molecular flexibility index (Phi) is 3.03. The molecule has 0 bridgehead atoms. The van der Waals surface area contributed by atoms with E-state index in [1.165, 1.54) is 7.11 Å². The average molecular weight is 178 g/mol. The molecule has 0 aliphatic heterocycles. The molecule has 1 saturated carbocycles. The maximum atomic E-state index is 9.28. The summed E-state index contributed by atoms with van der Waals surface area (Å²) < 4.78 is 4.81. The normalized spacial score (nSPS) is 49.2. The van der Waals surface area contributed by atoms with Crippen LogP contribution in [-0.4, -0.2) is 58.1 Å². The van der Waals surface area contributed by atoms with Gasteiger partial charge >= 0.3 is 0 Å². The fourth-order valence-corrected chi connectivity index (χ4v) is 1.40. The highest BCUT2D eigenvalue weighted by atomic mass is 16.5. The van der Waals surface area contributed by atoms with Crippen LogP contribution >= 0.6 is 0 Å². The van der Waals surface area contributed by atoms with Crippen LogP contribution in [-0.2, 0) is 4.74 Å². The van der Waals surface area contributed by atoms with Gasteiger partial charge in [0.15, 0.2) is 0 Å². The van der Waals surface area contributed by atoms with Gasteiger partial charge in [0, 0.05) is 13.5 Å².